The van der Waals surface area contributed by atoms with Crippen molar-refractivity contribution in [3.05, 3.63) is 67.6 Å². The maximum Gasteiger partial charge on any atom is 0.420 e. The lowest BCUT2D eigenvalue weighted by Crippen LogP contribution is -2.27. The summed E-state index contributed by atoms with van der Waals surface area (Å²) >= 11 is 11.6. The van der Waals surface area contributed by atoms with Gasteiger partial charge in [0, 0.05) is 6.20 Å². The van der Waals surface area contributed by atoms with E-state index in [4.69, 9.17) is 27.6 Å². The largest absolute Gasteiger partial charge is 0.449 e. The number of amides is 1. The minimum atomic E-state index is -4.80. The van der Waals surface area contributed by atoms with Crippen LogP contribution in [-0.4, -0.2) is 10.9 Å². The number of hydrogen-bond donors (Lipinski definition) is 0. The molecule has 0 spiro atoms. The van der Waals surface area contributed by atoms with Crippen LogP contribution >= 0.6 is 23.2 Å². The molecule has 27 heavy (non-hydrogen) atoms. The van der Waals surface area contributed by atoms with Gasteiger partial charge >= 0.3 is 6.18 Å². The van der Waals surface area contributed by atoms with E-state index in [0.717, 1.165) is 11.1 Å². The Morgan fingerprint density at radius 2 is 1.93 bits per heavy atom. The van der Waals surface area contributed by atoms with Gasteiger partial charge in [0.15, 0.2) is 11.0 Å². The zero-order chi connectivity index (χ0) is 19.5. The van der Waals surface area contributed by atoms with Crippen LogP contribution in [0.25, 0.3) is 11.0 Å². The summed E-state index contributed by atoms with van der Waals surface area (Å²) in [6.07, 6.45) is -3.81. The molecule has 0 aliphatic carbocycles. The molecule has 0 atom stereocenters. The van der Waals surface area contributed by atoms with Crippen LogP contribution in [0.3, 0.4) is 0 Å². The molecule has 138 valence electrons. The standard InChI is InChI=1S/C17H7Cl2F3N2O3/c18-7-4-10(17(20,21)22)15(23-5-7)24-6-9-12(25)8-2-1-3-11(19)13(8)27-14(9)16(24)26/h1-5H,6H2. The first kappa shape index (κ1) is 17.8. The fourth-order valence-corrected chi connectivity index (χ4v) is 3.29. The highest BCUT2D eigenvalue weighted by Crippen LogP contribution is 2.39. The van der Waals surface area contributed by atoms with Gasteiger partial charge in [-0.25, -0.2) is 4.98 Å². The van der Waals surface area contributed by atoms with Crippen molar-refractivity contribution >= 4 is 45.9 Å². The third-order valence-electron chi connectivity index (χ3n) is 4.11. The highest BCUT2D eigenvalue weighted by Gasteiger charge is 2.42. The number of fused-ring (bicyclic) bond motifs is 2. The number of carbonyl (C=O) groups is 1. The van der Waals surface area contributed by atoms with Crippen molar-refractivity contribution in [2.75, 3.05) is 4.90 Å². The summed E-state index contributed by atoms with van der Waals surface area (Å²) in [6.45, 7) is -0.406. The highest BCUT2D eigenvalue weighted by molar-refractivity contribution is 6.34. The molecule has 3 aromatic rings. The van der Waals surface area contributed by atoms with Crippen molar-refractivity contribution in [3.8, 4) is 0 Å². The molecule has 1 aliphatic heterocycles. The second-order valence-electron chi connectivity index (χ2n) is 5.77. The average molecular weight is 415 g/mol. The van der Waals surface area contributed by atoms with Gasteiger partial charge in [0.25, 0.3) is 5.91 Å². The second kappa shape index (κ2) is 5.97. The van der Waals surface area contributed by atoms with E-state index in [2.05, 4.69) is 4.98 Å². The first-order chi connectivity index (χ1) is 12.7. The van der Waals surface area contributed by atoms with Crippen molar-refractivity contribution in [1.82, 2.24) is 4.98 Å². The molecule has 1 aliphatic rings. The minimum Gasteiger partial charge on any atom is -0.449 e. The normalized spacial score (nSPS) is 14.1. The molecule has 0 bridgehead atoms. The summed E-state index contributed by atoms with van der Waals surface area (Å²) in [6, 6.07) is 5.13. The van der Waals surface area contributed by atoms with Crippen LogP contribution in [0.4, 0.5) is 19.0 Å². The van der Waals surface area contributed by atoms with Crippen molar-refractivity contribution in [2.24, 2.45) is 0 Å². The Kier molecular flexibility index (Phi) is 3.94. The molecule has 4 rings (SSSR count). The predicted octanol–water partition coefficient (Wildman–Crippen LogP) is 4.67. The SMILES string of the molecule is O=C1c2oc3c(Cl)cccc3c(=O)c2CN1c1ncc(Cl)cc1C(F)(F)F. The van der Waals surface area contributed by atoms with Gasteiger partial charge in [-0.3, -0.25) is 14.5 Å². The molecule has 0 fully saturated rings. The summed E-state index contributed by atoms with van der Waals surface area (Å²) in [5.74, 6) is -1.92. The van der Waals surface area contributed by atoms with E-state index >= 15 is 0 Å². The summed E-state index contributed by atoms with van der Waals surface area (Å²) in [5, 5.41) is 0.0113. The molecule has 3 heterocycles. The maximum atomic E-state index is 13.4. The van der Waals surface area contributed by atoms with Gasteiger partial charge < -0.3 is 4.42 Å². The van der Waals surface area contributed by atoms with Crippen molar-refractivity contribution < 1.29 is 22.4 Å². The van der Waals surface area contributed by atoms with E-state index < -0.39 is 35.4 Å². The maximum absolute atomic E-state index is 13.4. The Labute approximate surface area is 158 Å². The topological polar surface area (TPSA) is 63.4 Å². The van der Waals surface area contributed by atoms with Crippen LogP contribution in [0.1, 0.15) is 21.7 Å². The van der Waals surface area contributed by atoms with E-state index in [1.54, 1.807) is 0 Å². The third-order valence-corrected chi connectivity index (χ3v) is 4.62. The van der Waals surface area contributed by atoms with E-state index in [0.29, 0.717) is 6.07 Å². The van der Waals surface area contributed by atoms with E-state index in [-0.39, 0.29) is 32.3 Å². The number of pyridine rings is 1. The molecule has 0 saturated heterocycles. The molecule has 1 amide bonds. The Morgan fingerprint density at radius 3 is 2.63 bits per heavy atom. The van der Waals surface area contributed by atoms with Crippen LogP contribution in [0.15, 0.2) is 39.7 Å². The van der Waals surface area contributed by atoms with Crippen LogP contribution in [-0.2, 0) is 12.7 Å². The Balaban J connectivity index is 1.91. The number of alkyl halides is 3. The van der Waals surface area contributed by atoms with E-state index in [1.165, 1.54) is 18.2 Å². The van der Waals surface area contributed by atoms with Gasteiger partial charge in [0.05, 0.1) is 33.1 Å². The van der Waals surface area contributed by atoms with Crippen LogP contribution < -0.4 is 10.3 Å². The summed E-state index contributed by atoms with van der Waals surface area (Å²) in [4.78, 5) is 29.7. The fourth-order valence-electron chi connectivity index (χ4n) is 2.92. The number of rotatable bonds is 1. The molecule has 0 N–H and O–H groups in total. The van der Waals surface area contributed by atoms with Crippen LogP contribution in [0, 0.1) is 0 Å². The van der Waals surface area contributed by atoms with E-state index in [1.807, 2.05) is 0 Å². The van der Waals surface area contributed by atoms with Gasteiger partial charge in [-0.1, -0.05) is 29.3 Å². The van der Waals surface area contributed by atoms with Gasteiger partial charge in [0.2, 0.25) is 5.76 Å². The lowest BCUT2D eigenvalue weighted by Gasteiger charge is -2.19. The summed E-state index contributed by atoms with van der Waals surface area (Å²) < 4.78 is 45.5. The van der Waals surface area contributed by atoms with Gasteiger partial charge in [-0.05, 0) is 18.2 Å². The quantitative estimate of drug-likeness (QED) is 0.580. The lowest BCUT2D eigenvalue weighted by molar-refractivity contribution is -0.137. The summed E-state index contributed by atoms with van der Waals surface area (Å²) in [5.41, 5.74) is -1.78. The van der Waals surface area contributed by atoms with Gasteiger partial charge in [-0.15, -0.1) is 0 Å². The Morgan fingerprint density at radius 1 is 1.19 bits per heavy atom. The first-order valence-corrected chi connectivity index (χ1v) is 8.23. The molecule has 2 aromatic heterocycles. The number of anilines is 1. The highest BCUT2D eigenvalue weighted by atomic mass is 35.5. The fraction of sp³-hybridized carbons (Fsp3) is 0.118. The Hall–Kier alpha value is -2.58. The molecule has 0 radical (unpaired) electrons. The number of carbonyl (C=O) groups excluding carboxylic acids is 1. The zero-order valence-corrected chi connectivity index (χ0v) is 14.6. The van der Waals surface area contributed by atoms with Crippen molar-refractivity contribution in [1.29, 1.82) is 0 Å². The second-order valence-corrected chi connectivity index (χ2v) is 6.61. The zero-order valence-electron chi connectivity index (χ0n) is 13.1. The predicted molar refractivity (Wildman–Crippen MR) is 92.3 cm³/mol. The molecular weight excluding hydrogens is 408 g/mol. The minimum absolute atomic E-state index is 0.00164. The third kappa shape index (κ3) is 2.76. The monoisotopic (exact) mass is 414 g/mol. The number of aromatic nitrogens is 1. The molecule has 0 unspecified atom stereocenters. The van der Waals surface area contributed by atoms with Crippen LogP contribution in [0.2, 0.25) is 10.0 Å². The van der Waals surface area contributed by atoms with Gasteiger partial charge in [-0.2, -0.15) is 13.2 Å². The smallest absolute Gasteiger partial charge is 0.420 e. The molecule has 5 nitrogen and oxygen atoms in total. The molecule has 1 aromatic carbocycles. The Bertz CT molecular complexity index is 1170. The number of hydrogen-bond acceptors (Lipinski definition) is 4. The number of para-hydroxylation sites is 1. The van der Waals surface area contributed by atoms with Crippen molar-refractivity contribution in [2.45, 2.75) is 12.7 Å². The van der Waals surface area contributed by atoms with Gasteiger partial charge in [0.1, 0.15) is 5.82 Å². The summed E-state index contributed by atoms with van der Waals surface area (Å²) in [7, 11) is 0. The number of nitrogens with zero attached hydrogens (tertiary/aromatic N) is 2. The first-order valence-electron chi connectivity index (χ1n) is 7.47. The lowest BCUT2D eigenvalue weighted by atomic mass is 10.1. The number of benzene rings is 1. The van der Waals surface area contributed by atoms with E-state index in [9.17, 15) is 22.8 Å². The van der Waals surface area contributed by atoms with Crippen LogP contribution in [0.5, 0.6) is 0 Å². The molecule has 10 heteroatoms. The molecular formula is C17H7Cl2F3N2O3. The van der Waals surface area contributed by atoms with Crippen molar-refractivity contribution in [3.63, 3.8) is 0 Å². The average Bonchev–Trinajstić information content (AvgIpc) is 2.93. The molecule has 0 saturated carbocycles. The number of halogens is 5.